The highest BCUT2D eigenvalue weighted by Gasteiger charge is 2.21. The third-order valence-corrected chi connectivity index (χ3v) is 6.14. The Balaban J connectivity index is 1.67. The highest BCUT2D eigenvalue weighted by atomic mass is 32.2. The number of nitrogens with one attached hydrogen (secondary N) is 1. The monoisotopic (exact) mass is 358 g/mol. The molecule has 1 fully saturated rings. The molecular weight excluding hydrogens is 332 g/mol. The van der Waals surface area contributed by atoms with Crippen LogP contribution >= 0.6 is 11.8 Å². The summed E-state index contributed by atoms with van der Waals surface area (Å²) in [4.78, 5) is 13.8. The molecule has 134 valence electrons. The van der Waals surface area contributed by atoms with Crippen LogP contribution in [0.1, 0.15) is 60.0 Å². The summed E-state index contributed by atoms with van der Waals surface area (Å²) in [6.45, 7) is 6.17. The summed E-state index contributed by atoms with van der Waals surface area (Å²) in [7, 11) is 0. The second-order valence-electron chi connectivity index (χ2n) is 7.02. The lowest BCUT2D eigenvalue weighted by Crippen LogP contribution is -2.37. The Morgan fingerprint density at radius 2 is 1.96 bits per heavy atom. The zero-order valence-electron chi connectivity index (χ0n) is 15.2. The Bertz CT molecular complexity index is 714. The van der Waals surface area contributed by atoms with Gasteiger partial charge in [0.15, 0.2) is 0 Å². The number of hydrogen-bond acceptors (Lipinski definition) is 4. The van der Waals surface area contributed by atoms with Crippen LogP contribution in [-0.2, 0) is 5.75 Å². The molecule has 0 unspecified atom stereocenters. The van der Waals surface area contributed by atoms with Crippen LogP contribution in [0.2, 0.25) is 0 Å². The van der Waals surface area contributed by atoms with E-state index in [1.54, 1.807) is 11.8 Å². The van der Waals surface area contributed by atoms with Gasteiger partial charge in [-0.1, -0.05) is 24.2 Å². The van der Waals surface area contributed by atoms with Gasteiger partial charge in [-0.2, -0.15) is 0 Å². The molecule has 5 heteroatoms. The minimum absolute atomic E-state index is 0.0430. The number of thioether (sulfide) groups is 1. The van der Waals surface area contributed by atoms with E-state index >= 15 is 0 Å². The van der Waals surface area contributed by atoms with Crippen molar-refractivity contribution in [3.05, 3.63) is 46.8 Å². The van der Waals surface area contributed by atoms with Crippen molar-refractivity contribution in [1.29, 1.82) is 0 Å². The van der Waals surface area contributed by atoms with Gasteiger partial charge in [-0.15, -0.1) is 11.8 Å². The van der Waals surface area contributed by atoms with Crippen LogP contribution in [0.4, 0.5) is 0 Å². The summed E-state index contributed by atoms with van der Waals surface area (Å²) in [5.74, 6) is 2.43. The minimum atomic E-state index is 0.0430. The second kappa shape index (κ2) is 8.09. The predicted octanol–water partition coefficient (Wildman–Crippen LogP) is 4.89. The molecule has 1 aromatic carbocycles. The lowest BCUT2D eigenvalue weighted by molar-refractivity contribution is 0.0920. The molecule has 1 amide bonds. The van der Waals surface area contributed by atoms with E-state index in [1.807, 2.05) is 38.1 Å². The summed E-state index contributed by atoms with van der Waals surface area (Å²) in [5, 5.41) is 7.23. The van der Waals surface area contributed by atoms with E-state index in [0.717, 1.165) is 52.0 Å². The van der Waals surface area contributed by atoms with Crippen molar-refractivity contribution < 1.29 is 9.32 Å². The largest absolute Gasteiger partial charge is 0.361 e. The normalized spacial score (nSPS) is 20.4. The van der Waals surface area contributed by atoms with Crippen LogP contribution in [0.3, 0.4) is 0 Å². The molecule has 4 nitrogen and oxygen atoms in total. The maximum Gasteiger partial charge on any atom is 0.252 e. The van der Waals surface area contributed by atoms with Gasteiger partial charge in [0.25, 0.3) is 5.91 Å². The van der Waals surface area contributed by atoms with Crippen molar-refractivity contribution in [2.75, 3.05) is 0 Å². The molecule has 1 aliphatic rings. The average Bonchev–Trinajstić information content (AvgIpc) is 2.93. The zero-order valence-corrected chi connectivity index (χ0v) is 16.0. The highest BCUT2D eigenvalue weighted by Crippen LogP contribution is 2.29. The van der Waals surface area contributed by atoms with Gasteiger partial charge in [0.2, 0.25) is 0 Å². The highest BCUT2D eigenvalue weighted by molar-refractivity contribution is 7.98. The van der Waals surface area contributed by atoms with Crippen LogP contribution in [0, 0.1) is 19.8 Å². The van der Waals surface area contributed by atoms with Crippen LogP contribution in [0.25, 0.3) is 0 Å². The van der Waals surface area contributed by atoms with Crippen molar-refractivity contribution in [2.24, 2.45) is 5.92 Å². The number of amides is 1. The van der Waals surface area contributed by atoms with E-state index in [9.17, 15) is 4.79 Å². The summed E-state index contributed by atoms with van der Waals surface area (Å²) in [5.41, 5.74) is 2.79. The number of carbonyl (C=O) groups excluding carboxylic acids is 1. The van der Waals surface area contributed by atoms with Gasteiger partial charge in [-0.3, -0.25) is 4.79 Å². The molecule has 1 aliphatic carbocycles. The minimum Gasteiger partial charge on any atom is -0.361 e. The van der Waals surface area contributed by atoms with E-state index in [0.29, 0.717) is 6.04 Å². The Morgan fingerprint density at radius 1 is 1.24 bits per heavy atom. The number of carbonyl (C=O) groups is 1. The SMILES string of the molecule is Cc1noc(C)c1CSc1ccccc1C(=O)NC1CCC(C)CC1. The number of hydrogen-bond donors (Lipinski definition) is 1. The maximum absolute atomic E-state index is 12.8. The Hall–Kier alpha value is -1.75. The number of benzene rings is 1. The second-order valence-corrected chi connectivity index (χ2v) is 8.03. The molecule has 0 bridgehead atoms. The lowest BCUT2D eigenvalue weighted by atomic mass is 9.87. The first-order valence-electron chi connectivity index (χ1n) is 8.99. The van der Waals surface area contributed by atoms with Crippen molar-refractivity contribution in [2.45, 2.75) is 63.1 Å². The van der Waals surface area contributed by atoms with Gasteiger partial charge in [-0.05, 0) is 57.6 Å². The summed E-state index contributed by atoms with van der Waals surface area (Å²) >= 11 is 1.66. The smallest absolute Gasteiger partial charge is 0.252 e. The van der Waals surface area contributed by atoms with Gasteiger partial charge < -0.3 is 9.84 Å². The van der Waals surface area contributed by atoms with Gasteiger partial charge in [-0.25, -0.2) is 0 Å². The molecule has 1 saturated carbocycles. The average molecular weight is 359 g/mol. The van der Waals surface area contributed by atoms with Crippen LogP contribution in [0.15, 0.2) is 33.7 Å². The molecule has 1 aromatic heterocycles. The number of aryl methyl sites for hydroxylation is 2. The van der Waals surface area contributed by atoms with Crippen molar-refractivity contribution >= 4 is 17.7 Å². The maximum atomic E-state index is 12.8. The topological polar surface area (TPSA) is 55.1 Å². The molecule has 0 saturated heterocycles. The molecule has 0 spiro atoms. The van der Waals surface area contributed by atoms with Gasteiger partial charge in [0.1, 0.15) is 5.76 Å². The molecule has 25 heavy (non-hydrogen) atoms. The molecule has 2 aromatic rings. The number of nitrogens with zero attached hydrogens (tertiary/aromatic N) is 1. The molecule has 0 atom stereocenters. The summed E-state index contributed by atoms with van der Waals surface area (Å²) < 4.78 is 5.23. The molecule has 1 N–H and O–H groups in total. The van der Waals surface area contributed by atoms with E-state index in [-0.39, 0.29) is 5.91 Å². The fraction of sp³-hybridized carbons (Fsp3) is 0.500. The van der Waals surface area contributed by atoms with Gasteiger partial charge >= 0.3 is 0 Å². The van der Waals surface area contributed by atoms with Crippen molar-refractivity contribution in [1.82, 2.24) is 10.5 Å². The van der Waals surface area contributed by atoms with Crippen molar-refractivity contribution in [3.8, 4) is 0 Å². The Labute approximate surface area is 153 Å². The van der Waals surface area contributed by atoms with Gasteiger partial charge in [0, 0.05) is 22.3 Å². The molecule has 0 radical (unpaired) electrons. The third kappa shape index (κ3) is 4.46. The van der Waals surface area contributed by atoms with E-state index < -0.39 is 0 Å². The molecule has 1 heterocycles. The third-order valence-electron chi connectivity index (χ3n) is 5.04. The molecular formula is C20H26N2O2S. The van der Waals surface area contributed by atoms with E-state index in [4.69, 9.17) is 4.52 Å². The van der Waals surface area contributed by atoms with Crippen LogP contribution < -0.4 is 5.32 Å². The van der Waals surface area contributed by atoms with Crippen LogP contribution in [0.5, 0.6) is 0 Å². The van der Waals surface area contributed by atoms with Gasteiger partial charge in [0.05, 0.1) is 11.3 Å². The first-order chi connectivity index (χ1) is 12.0. The first kappa shape index (κ1) is 18.1. The zero-order chi connectivity index (χ0) is 17.8. The fourth-order valence-electron chi connectivity index (χ4n) is 3.31. The standard InChI is InChI=1S/C20H26N2O2S/c1-13-8-10-16(11-9-13)21-20(23)17-6-4-5-7-19(17)25-12-18-14(2)22-24-15(18)3/h4-7,13,16H,8-12H2,1-3H3,(H,21,23). The summed E-state index contributed by atoms with van der Waals surface area (Å²) in [6, 6.07) is 8.15. The molecule has 0 aliphatic heterocycles. The Morgan fingerprint density at radius 3 is 2.64 bits per heavy atom. The lowest BCUT2D eigenvalue weighted by Gasteiger charge is -2.27. The fourth-order valence-corrected chi connectivity index (χ4v) is 4.51. The van der Waals surface area contributed by atoms with E-state index in [2.05, 4.69) is 17.4 Å². The predicted molar refractivity (Wildman–Crippen MR) is 101 cm³/mol. The van der Waals surface area contributed by atoms with E-state index in [1.165, 1.54) is 12.8 Å². The quantitative estimate of drug-likeness (QED) is 0.773. The Kier molecular flexibility index (Phi) is 5.84. The molecule has 3 rings (SSSR count). The number of rotatable bonds is 5. The van der Waals surface area contributed by atoms with Crippen LogP contribution in [-0.4, -0.2) is 17.1 Å². The first-order valence-corrected chi connectivity index (χ1v) is 9.97. The summed E-state index contributed by atoms with van der Waals surface area (Å²) in [6.07, 6.45) is 4.57. The van der Waals surface area contributed by atoms with Crippen molar-refractivity contribution in [3.63, 3.8) is 0 Å². The number of aromatic nitrogens is 1.